The van der Waals surface area contributed by atoms with E-state index in [-0.39, 0.29) is 0 Å². The van der Waals surface area contributed by atoms with Crippen LogP contribution in [0, 0.1) is 13.8 Å². The highest BCUT2D eigenvalue weighted by Gasteiger charge is 2.26. The first-order chi connectivity index (χ1) is 10.0. The number of hydrogen-bond donors (Lipinski definition) is 1. The number of benzene rings is 1. The summed E-state index contributed by atoms with van der Waals surface area (Å²) in [5, 5.41) is 3.68. The highest BCUT2D eigenvalue weighted by Crippen LogP contribution is 2.23. The molecule has 0 radical (unpaired) electrons. The lowest BCUT2D eigenvalue weighted by atomic mass is 9.98. The van der Waals surface area contributed by atoms with Crippen molar-refractivity contribution in [2.24, 2.45) is 0 Å². The molecule has 3 nitrogen and oxygen atoms in total. The van der Waals surface area contributed by atoms with Gasteiger partial charge >= 0.3 is 0 Å². The van der Waals surface area contributed by atoms with Gasteiger partial charge in [-0.3, -0.25) is 4.90 Å². The average molecular weight is 289 g/mol. The number of aryl methyl sites for hydroxylation is 2. The zero-order chi connectivity index (χ0) is 15.4. The number of likely N-dealkylation sites (N-methyl/N-ethyl adjacent to an activating group) is 2. The maximum Gasteiger partial charge on any atom is 0.0451 e. The van der Waals surface area contributed by atoms with Gasteiger partial charge in [0.15, 0.2) is 0 Å². The Morgan fingerprint density at radius 3 is 2.71 bits per heavy atom. The quantitative estimate of drug-likeness (QED) is 0.868. The van der Waals surface area contributed by atoms with E-state index in [2.05, 4.69) is 68.2 Å². The monoisotopic (exact) mass is 289 g/mol. The van der Waals surface area contributed by atoms with Crippen LogP contribution in [0.5, 0.6) is 0 Å². The summed E-state index contributed by atoms with van der Waals surface area (Å²) >= 11 is 0. The molecule has 0 spiro atoms. The molecule has 0 aliphatic carbocycles. The Morgan fingerprint density at radius 1 is 1.33 bits per heavy atom. The fourth-order valence-electron chi connectivity index (χ4n) is 3.31. The van der Waals surface area contributed by atoms with Gasteiger partial charge in [0.05, 0.1) is 0 Å². The molecule has 0 saturated carbocycles. The van der Waals surface area contributed by atoms with E-state index in [1.54, 1.807) is 0 Å². The number of likely N-dealkylation sites (tertiary alicyclic amines) is 1. The molecular formula is C18H31N3. The second-order valence-electron chi connectivity index (χ2n) is 6.64. The summed E-state index contributed by atoms with van der Waals surface area (Å²) < 4.78 is 0. The third kappa shape index (κ3) is 4.29. The molecule has 2 rings (SSSR count). The highest BCUT2D eigenvalue weighted by atomic mass is 15.2. The second kappa shape index (κ2) is 7.39. The molecule has 0 amide bonds. The Labute approximate surface area is 130 Å². The number of nitrogens with zero attached hydrogens (tertiary/aromatic N) is 2. The van der Waals surface area contributed by atoms with Crippen molar-refractivity contribution >= 4 is 0 Å². The van der Waals surface area contributed by atoms with Gasteiger partial charge in [0, 0.05) is 25.2 Å². The lowest BCUT2D eigenvalue weighted by molar-refractivity contribution is 0.251. The molecule has 1 aliphatic heterocycles. The predicted octanol–water partition coefficient (Wildman–Crippen LogP) is 2.59. The standard InChI is InChI=1S/C18H31N3/c1-6-19-18(17-11-14(2)7-8-15(17)3)13-21-10-9-16(12-21)20(4)5/h7-8,11,16,18-19H,6,9-10,12-13H2,1-5H3. The maximum absolute atomic E-state index is 3.68. The molecule has 2 atom stereocenters. The van der Waals surface area contributed by atoms with E-state index in [4.69, 9.17) is 0 Å². The van der Waals surface area contributed by atoms with Crippen LogP contribution in [0.15, 0.2) is 18.2 Å². The lowest BCUT2D eigenvalue weighted by Crippen LogP contribution is -2.37. The molecule has 21 heavy (non-hydrogen) atoms. The van der Waals surface area contributed by atoms with Crippen LogP contribution in [0.1, 0.15) is 36.1 Å². The first kappa shape index (κ1) is 16.5. The van der Waals surface area contributed by atoms with E-state index in [0.717, 1.165) is 13.1 Å². The molecule has 1 aromatic rings. The van der Waals surface area contributed by atoms with Gasteiger partial charge in [-0.15, -0.1) is 0 Å². The summed E-state index contributed by atoms with van der Waals surface area (Å²) in [5.74, 6) is 0. The number of hydrogen-bond acceptors (Lipinski definition) is 3. The van der Waals surface area contributed by atoms with Gasteiger partial charge in [0.2, 0.25) is 0 Å². The van der Waals surface area contributed by atoms with Crippen LogP contribution in [-0.4, -0.2) is 56.1 Å². The molecule has 1 N–H and O–H groups in total. The summed E-state index contributed by atoms with van der Waals surface area (Å²) in [5.41, 5.74) is 4.21. The number of rotatable bonds is 6. The zero-order valence-electron chi connectivity index (χ0n) is 14.3. The first-order valence-corrected chi connectivity index (χ1v) is 8.20. The summed E-state index contributed by atoms with van der Waals surface area (Å²) in [6.45, 7) is 11.2. The molecule has 118 valence electrons. The Balaban J connectivity index is 2.07. The summed E-state index contributed by atoms with van der Waals surface area (Å²) in [7, 11) is 4.39. The second-order valence-corrected chi connectivity index (χ2v) is 6.64. The Hall–Kier alpha value is -0.900. The van der Waals surface area contributed by atoms with Crippen molar-refractivity contribution in [2.75, 3.05) is 40.3 Å². The zero-order valence-corrected chi connectivity index (χ0v) is 14.3. The van der Waals surface area contributed by atoms with Crippen molar-refractivity contribution in [2.45, 2.75) is 39.3 Å². The summed E-state index contributed by atoms with van der Waals surface area (Å²) in [6, 6.07) is 7.96. The van der Waals surface area contributed by atoms with E-state index in [0.29, 0.717) is 12.1 Å². The largest absolute Gasteiger partial charge is 0.309 e. The molecule has 1 aromatic carbocycles. The molecule has 2 unspecified atom stereocenters. The van der Waals surface area contributed by atoms with Gasteiger partial charge in [0.25, 0.3) is 0 Å². The minimum absolute atomic E-state index is 0.441. The van der Waals surface area contributed by atoms with Crippen molar-refractivity contribution in [3.63, 3.8) is 0 Å². The van der Waals surface area contributed by atoms with Gasteiger partial charge in [-0.05, 0) is 58.6 Å². The molecular weight excluding hydrogens is 258 g/mol. The van der Waals surface area contributed by atoms with Crippen LogP contribution >= 0.6 is 0 Å². The fourth-order valence-corrected chi connectivity index (χ4v) is 3.31. The maximum atomic E-state index is 3.68. The molecule has 3 heteroatoms. The smallest absolute Gasteiger partial charge is 0.0451 e. The Kier molecular flexibility index (Phi) is 5.80. The van der Waals surface area contributed by atoms with E-state index < -0.39 is 0 Å². The summed E-state index contributed by atoms with van der Waals surface area (Å²) in [6.07, 6.45) is 1.29. The van der Waals surface area contributed by atoms with E-state index in [1.165, 1.54) is 36.2 Å². The fraction of sp³-hybridized carbons (Fsp3) is 0.667. The van der Waals surface area contributed by atoms with Crippen molar-refractivity contribution in [3.8, 4) is 0 Å². The van der Waals surface area contributed by atoms with Gasteiger partial charge < -0.3 is 10.2 Å². The summed E-state index contributed by atoms with van der Waals surface area (Å²) in [4.78, 5) is 4.97. The third-order valence-electron chi connectivity index (χ3n) is 4.68. The van der Waals surface area contributed by atoms with Gasteiger partial charge in [-0.1, -0.05) is 30.7 Å². The molecule has 1 aliphatic rings. The van der Waals surface area contributed by atoms with Crippen LogP contribution in [0.3, 0.4) is 0 Å². The van der Waals surface area contributed by atoms with Crippen molar-refractivity contribution < 1.29 is 0 Å². The van der Waals surface area contributed by atoms with Crippen molar-refractivity contribution in [1.29, 1.82) is 0 Å². The molecule has 1 fully saturated rings. The minimum atomic E-state index is 0.441. The first-order valence-electron chi connectivity index (χ1n) is 8.20. The molecule has 1 heterocycles. The third-order valence-corrected chi connectivity index (χ3v) is 4.68. The van der Waals surface area contributed by atoms with Gasteiger partial charge in [0.1, 0.15) is 0 Å². The Morgan fingerprint density at radius 2 is 2.10 bits per heavy atom. The molecule has 0 aromatic heterocycles. The van der Waals surface area contributed by atoms with Gasteiger partial charge in [-0.2, -0.15) is 0 Å². The van der Waals surface area contributed by atoms with Crippen molar-refractivity contribution in [1.82, 2.24) is 15.1 Å². The highest BCUT2D eigenvalue weighted by molar-refractivity contribution is 5.33. The van der Waals surface area contributed by atoms with E-state index in [1.807, 2.05) is 0 Å². The van der Waals surface area contributed by atoms with Gasteiger partial charge in [-0.25, -0.2) is 0 Å². The van der Waals surface area contributed by atoms with E-state index >= 15 is 0 Å². The van der Waals surface area contributed by atoms with Crippen LogP contribution in [0.25, 0.3) is 0 Å². The van der Waals surface area contributed by atoms with Crippen LogP contribution in [0.4, 0.5) is 0 Å². The normalized spacial score (nSPS) is 21.1. The SMILES string of the molecule is CCNC(CN1CCC(N(C)C)C1)c1cc(C)ccc1C. The van der Waals surface area contributed by atoms with Crippen LogP contribution in [-0.2, 0) is 0 Å². The van der Waals surface area contributed by atoms with Crippen LogP contribution in [0.2, 0.25) is 0 Å². The van der Waals surface area contributed by atoms with Crippen LogP contribution < -0.4 is 5.32 Å². The lowest BCUT2D eigenvalue weighted by Gasteiger charge is -2.27. The predicted molar refractivity (Wildman–Crippen MR) is 90.9 cm³/mol. The van der Waals surface area contributed by atoms with Crippen molar-refractivity contribution in [3.05, 3.63) is 34.9 Å². The minimum Gasteiger partial charge on any atom is -0.309 e. The molecule has 1 saturated heterocycles. The average Bonchev–Trinajstić information content (AvgIpc) is 2.90. The Bertz CT molecular complexity index is 456. The van der Waals surface area contributed by atoms with E-state index in [9.17, 15) is 0 Å². The number of nitrogens with one attached hydrogen (secondary N) is 1. The molecule has 0 bridgehead atoms. The topological polar surface area (TPSA) is 18.5 Å².